The number of hydrogen-bond donors (Lipinski definition) is 1. The molecule has 18 heavy (non-hydrogen) atoms. The number of halogens is 1. The largest absolute Gasteiger partial charge is 0.321 e. The van der Waals surface area contributed by atoms with Crippen molar-refractivity contribution in [2.24, 2.45) is 5.73 Å². The summed E-state index contributed by atoms with van der Waals surface area (Å²) in [6.45, 7) is 2.23. The van der Waals surface area contributed by atoms with Crippen LogP contribution in [0.15, 0.2) is 18.2 Å². The van der Waals surface area contributed by atoms with Gasteiger partial charge in [0.1, 0.15) is 5.82 Å². The zero-order chi connectivity index (χ0) is 13.0. The topological polar surface area (TPSA) is 26.0 Å². The molecule has 1 aliphatic carbocycles. The predicted octanol–water partition coefficient (Wildman–Crippen LogP) is 4.29. The van der Waals surface area contributed by atoms with E-state index >= 15 is 0 Å². The lowest BCUT2D eigenvalue weighted by Gasteiger charge is -2.25. The molecule has 1 atom stereocenters. The SMILES string of the molecule is CCCCCCCC1(N)CCc2cc(F)ccc21. The van der Waals surface area contributed by atoms with Crippen molar-refractivity contribution in [3.8, 4) is 0 Å². The van der Waals surface area contributed by atoms with Crippen molar-refractivity contribution >= 4 is 0 Å². The van der Waals surface area contributed by atoms with Crippen LogP contribution in [0.4, 0.5) is 4.39 Å². The maximum absolute atomic E-state index is 13.2. The lowest BCUT2D eigenvalue weighted by molar-refractivity contribution is 0.384. The van der Waals surface area contributed by atoms with Crippen molar-refractivity contribution in [1.29, 1.82) is 0 Å². The highest BCUT2D eigenvalue weighted by Crippen LogP contribution is 2.38. The fourth-order valence-corrected chi connectivity index (χ4v) is 3.05. The molecule has 1 aromatic carbocycles. The molecule has 2 heteroatoms. The molecule has 1 aliphatic rings. The Kier molecular flexibility index (Phi) is 4.39. The van der Waals surface area contributed by atoms with Gasteiger partial charge < -0.3 is 5.73 Å². The van der Waals surface area contributed by atoms with Crippen molar-refractivity contribution in [3.05, 3.63) is 35.1 Å². The molecular weight excluding hydrogens is 225 g/mol. The van der Waals surface area contributed by atoms with E-state index in [1.165, 1.54) is 37.7 Å². The number of rotatable bonds is 6. The summed E-state index contributed by atoms with van der Waals surface area (Å²) in [5.74, 6) is -0.138. The standard InChI is InChI=1S/C16H24FN/c1-2-3-4-5-6-10-16(18)11-9-13-12-14(17)7-8-15(13)16/h7-8,12H,2-6,9-11,18H2,1H3. The molecular formula is C16H24FN. The van der Waals surface area contributed by atoms with Crippen LogP contribution in [0.3, 0.4) is 0 Å². The van der Waals surface area contributed by atoms with Gasteiger partial charge in [0.25, 0.3) is 0 Å². The van der Waals surface area contributed by atoms with Gasteiger partial charge in [0.15, 0.2) is 0 Å². The summed E-state index contributed by atoms with van der Waals surface area (Å²) in [6, 6.07) is 5.09. The van der Waals surface area contributed by atoms with Crippen LogP contribution in [-0.2, 0) is 12.0 Å². The first kappa shape index (κ1) is 13.5. The van der Waals surface area contributed by atoms with Crippen LogP contribution < -0.4 is 5.73 Å². The van der Waals surface area contributed by atoms with Gasteiger partial charge in [-0.2, -0.15) is 0 Å². The predicted molar refractivity (Wildman–Crippen MR) is 74.0 cm³/mol. The number of nitrogens with two attached hydrogens (primary N) is 1. The van der Waals surface area contributed by atoms with Gasteiger partial charge >= 0.3 is 0 Å². The molecule has 0 bridgehead atoms. The first-order chi connectivity index (χ1) is 8.65. The third-order valence-corrected chi connectivity index (χ3v) is 4.17. The van der Waals surface area contributed by atoms with Crippen molar-refractivity contribution < 1.29 is 4.39 Å². The second-order valence-corrected chi connectivity index (χ2v) is 5.62. The van der Waals surface area contributed by atoms with Crippen molar-refractivity contribution in [2.75, 3.05) is 0 Å². The molecule has 100 valence electrons. The second-order valence-electron chi connectivity index (χ2n) is 5.62. The van der Waals surface area contributed by atoms with Gasteiger partial charge in [-0.15, -0.1) is 0 Å². The van der Waals surface area contributed by atoms with E-state index in [4.69, 9.17) is 5.73 Å². The Balaban J connectivity index is 1.93. The van der Waals surface area contributed by atoms with E-state index in [9.17, 15) is 4.39 Å². The number of unbranched alkanes of at least 4 members (excludes halogenated alkanes) is 4. The highest BCUT2D eigenvalue weighted by Gasteiger charge is 2.34. The molecule has 2 rings (SSSR count). The fourth-order valence-electron chi connectivity index (χ4n) is 3.05. The summed E-state index contributed by atoms with van der Waals surface area (Å²) in [5.41, 5.74) is 8.61. The summed E-state index contributed by atoms with van der Waals surface area (Å²) in [5, 5.41) is 0. The smallest absolute Gasteiger partial charge is 0.123 e. The molecule has 0 aromatic heterocycles. The monoisotopic (exact) mass is 249 g/mol. The van der Waals surface area contributed by atoms with E-state index < -0.39 is 0 Å². The Morgan fingerprint density at radius 1 is 1.22 bits per heavy atom. The van der Waals surface area contributed by atoms with Gasteiger partial charge in [-0.3, -0.25) is 0 Å². The summed E-state index contributed by atoms with van der Waals surface area (Å²) in [4.78, 5) is 0. The van der Waals surface area contributed by atoms with Crippen LogP contribution in [-0.4, -0.2) is 0 Å². The zero-order valence-corrected chi connectivity index (χ0v) is 11.3. The lowest BCUT2D eigenvalue weighted by atomic mass is 9.87. The molecule has 0 saturated carbocycles. The molecule has 0 spiro atoms. The third kappa shape index (κ3) is 2.92. The fraction of sp³-hybridized carbons (Fsp3) is 0.625. The normalized spacial score (nSPS) is 22.2. The van der Waals surface area contributed by atoms with E-state index in [1.807, 2.05) is 6.07 Å². The van der Waals surface area contributed by atoms with Crippen LogP contribution in [0.25, 0.3) is 0 Å². The van der Waals surface area contributed by atoms with E-state index in [1.54, 1.807) is 12.1 Å². The second kappa shape index (κ2) is 5.83. The number of aryl methyl sites for hydroxylation is 1. The van der Waals surface area contributed by atoms with Crippen LogP contribution in [0.5, 0.6) is 0 Å². The Morgan fingerprint density at radius 2 is 2.00 bits per heavy atom. The minimum absolute atomic E-state index is 0.138. The van der Waals surface area contributed by atoms with E-state index in [2.05, 4.69) is 6.92 Å². The molecule has 0 amide bonds. The van der Waals surface area contributed by atoms with Gasteiger partial charge in [-0.25, -0.2) is 4.39 Å². The number of benzene rings is 1. The Bertz CT molecular complexity index is 402. The minimum atomic E-state index is -0.199. The van der Waals surface area contributed by atoms with E-state index in [0.29, 0.717) is 0 Å². The molecule has 0 aliphatic heterocycles. The highest BCUT2D eigenvalue weighted by atomic mass is 19.1. The average Bonchev–Trinajstić information content (AvgIpc) is 2.67. The van der Waals surface area contributed by atoms with E-state index in [0.717, 1.165) is 24.8 Å². The highest BCUT2D eigenvalue weighted by molar-refractivity contribution is 5.38. The van der Waals surface area contributed by atoms with Crippen molar-refractivity contribution in [1.82, 2.24) is 0 Å². The number of fused-ring (bicyclic) bond motifs is 1. The third-order valence-electron chi connectivity index (χ3n) is 4.17. The molecule has 0 saturated heterocycles. The molecule has 0 fully saturated rings. The first-order valence-electron chi connectivity index (χ1n) is 7.23. The van der Waals surface area contributed by atoms with Crippen LogP contribution >= 0.6 is 0 Å². The van der Waals surface area contributed by atoms with Gasteiger partial charge in [0.2, 0.25) is 0 Å². The Morgan fingerprint density at radius 3 is 2.78 bits per heavy atom. The van der Waals surface area contributed by atoms with Gasteiger partial charge in [0, 0.05) is 5.54 Å². The van der Waals surface area contributed by atoms with E-state index in [-0.39, 0.29) is 11.4 Å². The molecule has 1 aromatic rings. The summed E-state index contributed by atoms with van der Waals surface area (Å²) >= 11 is 0. The molecule has 0 heterocycles. The average molecular weight is 249 g/mol. The summed E-state index contributed by atoms with van der Waals surface area (Å²) < 4.78 is 13.2. The van der Waals surface area contributed by atoms with Crippen LogP contribution in [0.2, 0.25) is 0 Å². The van der Waals surface area contributed by atoms with Gasteiger partial charge in [-0.05, 0) is 42.5 Å². The van der Waals surface area contributed by atoms with Crippen LogP contribution in [0.1, 0.15) is 63.0 Å². The molecule has 0 radical (unpaired) electrons. The van der Waals surface area contributed by atoms with Gasteiger partial charge in [-0.1, -0.05) is 45.1 Å². The Labute approximate surface area is 110 Å². The zero-order valence-electron chi connectivity index (χ0n) is 11.3. The molecule has 1 nitrogen and oxygen atoms in total. The van der Waals surface area contributed by atoms with Crippen molar-refractivity contribution in [2.45, 2.75) is 63.8 Å². The van der Waals surface area contributed by atoms with Gasteiger partial charge in [0.05, 0.1) is 0 Å². The summed E-state index contributed by atoms with van der Waals surface area (Å²) in [7, 11) is 0. The molecule has 2 N–H and O–H groups in total. The minimum Gasteiger partial charge on any atom is -0.321 e. The number of hydrogen-bond acceptors (Lipinski definition) is 1. The maximum Gasteiger partial charge on any atom is 0.123 e. The quantitative estimate of drug-likeness (QED) is 0.748. The summed E-state index contributed by atoms with van der Waals surface area (Å²) in [6.07, 6.45) is 9.29. The molecule has 1 unspecified atom stereocenters. The lowest BCUT2D eigenvalue weighted by Crippen LogP contribution is -2.33. The maximum atomic E-state index is 13.2. The van der Waals surface area contributed by atoms with Crippen molar-refractivity contribution in [3.63, 3.8) is 0 Å². The first-order valence-corrected chi connectivity index (χ1v) is 7.23. The van der Waals surface area contributed by atoms with Crippen LogP contribution in [0, 0.1) is 5.82 Å². The Hall–Kier alpha value is -0.890.